The molecular weight excluding hydrogens is 201 g/mol. The van der Waals surface area contributed by atoms with E-state index in [-0.39, 0.29) is 13.0 Å². The van der Waals surface area contributed by atoms with Crippen LogP contribution in [0.3, 0.4) is 0 Å². The highest BCUT2D eigenvalue weighted by atomic mass is 19.4. The summed E-state index contributed by atoms with van der Waals surface area (Å²) in [5.74, 6) is -2.31. The largest absolute Gasteiger partial charge is 0.465 e. The number of aliphatic hydroxyl groups excluding tert-OH is 1. The molecule has 2 atom stereocenters. The van der Waals surface area contributed by atoms with E-state index in [4.69, 9.17) is 5.11 Å². The topological polar surface area (TPSA) is 46.5 Å². The van der Waals surface area contributed by atoms with Crippen molar-refractivity contribution in [3.05, 3.63) is 0 Å². The van der Waals surface area contributed by atoms with Crippen molar-refractivity contribution >= 4 is 5.97 Å². The Morgan fingerprint density at radius 2 is 2.21 bits per heavy atom. The lowest BCUT2D eigenvalue weighted by atomic mass is 10.0. The molecule has 1 fully saturated rings. The van der Waals surface area contributed by atoms with Gasteiger partial charge < -0.3 is 9.84 Å². The van der Waals surface area contributed by atoms with Crippen LogP contribution in [-0.4, -0.2) is 30.5 Å². The maximum Gasteiger partial charge on any atom is 0.405 e. The highest BCUT2D eigenvalue weighted by Crippen LogP contribution is 2.62. The zero-order chi connectivity index (χ0) is 11.0. The van der Waals surface area contributed by atoms with Crippen molar-refractivity contribution in [3.63, 3.8) is 0 Å². The number of rotatable bonds is 3. The van der Waals surface area contributed by atoms with E-state index in [1.165, 1.54) is 6.92 Å². The van der Waals surface area contributed by atoms with E-state index >= 15 is 0 Å². The Bertz CT molecular complexity index is 238. The first-order chi connectivity index (χ1) is 6.40. The Labute approximate surface area is 78.9 Å². The van der Waals surface area contributed by atoms with E-state index < -0.39 is 30.1 Å². The fourth-order valence-electron chi connectivity index (χ4n) is 1.52. The van der Waals surface area contributed by atoms with Gasteiger partial charge in [-0.2, -0.15) is 13.2 Å². The number of carbonyl (C=O) groups is 1. The van der Waals surface area contributed by atoms with Crippen molar-refractivity contribution in [1.82, 2.24) is 0 Å². The van der Waals surface area contributed by atoms with Crippen molar-refractivity contribution in [2.75, 3.05) is 13.2 Å². The molecule has 1 N–H and O–H groups in total. The van der Waals surface area contributed by atoms with Crippen molar-refractivity contribution < 1.29 is 27.8 Å². The van der Waals surface area contributed by atoms with E-state index in [9.17, 15) is 18.0 Å². The molecule has 0 radical (unpaired) electrons. The molecule has 0 aromatic carbocycles. The fourth-order valence-corrected chi connectivity index (χ4v) is 1.52. The zero-order valence-corrected chi connectivity index (χ0v) is 7.60. The molecule has 0 saturated heterocycles. The molecule has 1 saturated carbocycles. The van der Waals surface area contributed by atoms with Crippen LogP contribution in [-0.2, 0) is 9.53 Å². The lowest BCUT2D eigenvalue weighted by Gasteiger charge is -2.18. The molecule has 0 unspecified atom stereocenters. The van der Waals surface area contributed by atoms with Crippen molar-refractivity contribution in [2.24, 2.45) is 11.3 Å². The number of alkyl halides is 3. The minimum atomic E-state index is -4.63. The van der Waals surface area contributed by atoms with Gasteiger partial charge >= 0.3 is 12.1 Å². The second-order valence-corrected chi connectivity index (χ2v) is 3.27. The molecule has 14 heavy (non-hydrogen) atoms. The zero-order valence-electron chi connectivity index (χ0n) is 7.60. The highest BCUT2D eigenvalue weighted by Gasteiger charge is 2.76. The quantitative estimate of drug-likeness (QED) is 0.713. The molecule has 1 aliphatic rings. The summed E-state index contributed by atoms with van der Waals surface area (Å²) in [6.45, 7) is 0.714. The SMILES string of the molecule is CCOC(=O)[C@]1(C(F)(F)F)C[C@H]1CO. The van der Waals surface area contributed by atoms with E-state index in [2.05, 4.69) is 4.74 Å². The van der Waals surface area contributed by atoms with Crippen LogP contribution in [0.25, 0.3) is 0 Å². The summed E-state index contributed by atoms with van der Waals surface area (Å²) in [6, 6.07) is 0. The third kappa shape index (κ3) is 1.47. The number of carbonyl (C=O) groups excluding carboxylic acids is 1. The molecule has 82 valence electrons. The van der Waals surface area contributed by atoms with Gasteiger partial charge in [0.2, 0.25) is 0 Å². The van der Waals surface area contributed by atoms with Gasteiger partial charge in [-0.15, -0.1) is 0 Å². The predicted octanol–water partition coefficient (Wildman–Crippen LogP) is 1.11. The van der Waals surface area contributed by atoms with Crippen molar-refractivity contribution in [2.45, 2.75) is 19.5 Å². The summed E-state index contributed by atoms with van der Waals surface area (Å²) >= 11 is 0. The smallest absolute Gasteiger partial charge is 0.405 e. The number of halogens is 3. The summed E-state index contributed by atoms with van der Waals surface area (Å²) in [6.07, 6.45) is -5.00. The second kappa shape index (κ2) is 3.42. The van der Waals surface area contributed by atoms with Crippen LogP contribution in [0.1, 0.15) is 13.3 Å². The third-order valence-electron chi connectivity index (χ3n) is 2.47. The molecular formula is C8H11F3O3. The van der Waals surface area contributed by atoms with Gasteiger partial charge in [-0.05, 0) is 13.3 Å². The maximum absolute atomic E-state index is 12.5. The first kappa shape index (κ1) is 11.3. The summed E-state index contributed by atoms with van der Waals surface area (Å²) in [5.41, 5.74) is -2.45. The van der Waals surface area contributed by atoms with Gasteiger partial charge in [-0.1, -0.05) is 0 Å². The number of ether oxygens (including phenoxy) is 1. The van der Waals surface area contributed by atoms with Crippen LogP contribution in [0, 0.1) is 11.3 Å². The van der Waals surface area contributed by atoms with Crippen molar-refractivity contribution in [3.8, 4) is 0 Å². The van der Waals surface area contributed by atoms with E-state index in [1.807, 2.05) is 0 Å². The van der Waals surface area contributed by atoms with Crippen LogP contribution in [0.15, 0.2) is 0 Å². The van der Waals surface area contributed by atoms with Gasteiger partial charge in [0.25, 0.3) is 0 Å². The summed E-state index contributed by atoms with van der Waals surface area (Å²) < 4.78 is 41.8. The second-order valence-electron chi connectivity index (χ2n) is 3.27. The lowest BCUT2D eigenvalue weighted by molar-refractivity contribution is -0.211. The van der Waals surface area contributed by atoms with E-state index in [0.29, 0.717) is 0 Å². The summed E-state index contributed by atoms with van der Waals surface area (Å²) in [5, 5.41) is 8.61. The molecule has 0 bridgehead atoms. The Balaban J connectivity index is 2.82. The molecule has 1 aliphatic carbocycles. The van der Waals surface area contributed by atoms with E-state index in [0.717, 1.165) is 0 Å². The Hall–Kier alpha value is -0.780. The average Bonchev–Trinajstić information content (AvgIpc) is 2.78. The molecule has 0 aromatic rings. The Morgan fingerprint density at radius 1 is 1.64 bits per heavy atom. The predicted molar refractivity (Wildman–Crippen MR) is 40.3 cm³/mol. The van der Waals surface area contributed by atoms with Gasteiger partial charge in [0.05, 0.1) is 6.61 Å². The molecule has 0 aromatic heterocycles. The molecule has 0 aliphatic heterocycles. The molecule has 0 spiro atoms. The van der Waals surface area contributed by atoms with Crippen LogP contribution >= 0.6 is 0 Å². The highest BCUT2D eigenvalue weighted by molar-refractivity contribution is 5.81. The minimum absolute atomic E-state index is 0.0885. The molecule has 1 rings (SSSR count). The molecule has 3 nitrogen and oxygen atoms in total. The fraction of sp³-hybridized carbons (Fsp3) is 0.875. The number of aliphatic hydroxyl groups is 1. The van der Waals surface area contributed by atoms with Crippen molar-refractivity contribution in [1.29, 1.82) is 0 Å². The molecule has 0 amide bonds. The van der Waals surface area contributed by atoms with Gasteiger partial charge in [0.1, 0.15) is 0 Å². The van der Waals surface area contributed by atoms with Crippen LogP contribution in [0.5, 0.6) is 0 Å². The number of hydrogen-bond acceptors (Lipinski definition) is 3. The van der Waals surface area contributed by atoms with Crippen LogP contribution in [0.2, 0.25) is 0 Å². The first-order valence-electron chi connectivity index (χ1n) is 4.25. The number of esters is 1. The standard InChI is InChI=1S/C8H11F3O3/c1-2-14-6(13)7(8(9,10)11)3-5(7)4-12/h5,12H,2-4H2,1H3/t5-,7-/m0/s1. The average molecular weight is 212 g/mol. The minimum Gasteiger partial charge on any atom is -0.465 e. The van der Waals surface area contributed by atoms with Crippen LogP contribution in [0.4, 0.5) is 13.2 Å². The van der Waals surface area contributed by atoms with Gasteiger partial charge in [-0.25, -0.2) is 0 Å². The molecule has 6 heteroatoms. The van der Waals surface area contributed by atoms with Crippen LogP contribution < -0.4 is 0 Å². The Morgan fingerprint density at radius 3 is 2.50 bits per heavy atom. The normalized spacial score (nSPS) is 31.4. The summed E-state index contributed by atoms with van der Waals surface area (Å²) in [4.78, 5) is 11.1. The third-order valence-corrected chi connectivity index (χ3v) is 2.47. The van der Waals surface area contributed by atoms with Gasteiger partial charge in [0.15, 0.2) is 5.41 Å². The maximum atomic E-state index is 12.5. The first-order valence-corrected chi connectivity index (χ1v) is 4.25. The monoisotopic (exact) mass is 212 g/mol. The Kier molecular flexibility index (Phi) is 2.76. The lowest BCUT2D eigenvalue weighted by Crippen LogP contribution is -2.36. The summed E-state index contributed by atoms with van der Waals surface area (Å²) in [7, 11) is 0. The number of hydrogen-bond donors (Lipinski definition) is 1. The van der Waals surface area contributed by atoms with Gasteiger partial charge in [-0.3, -0.25) is 4.79 Å². The van der Waals surface area contributed by atoms with Gasteiger partial charge in [0, 0.05) is 12.5 Å². The molecule has 0 heterocycles. The van der Waals surface area contributed by atoms with E-state index in [1.54, 1.807) is 0 Å².